The average molecular weight is 243 g/mol. The fourth-order valence-corrected chi connectivity index (χ4v) is 2.62. The van der Waals surface area contributed by atoms with Crippen LogP contribution in [0, 0.1) is 0 Å². The molecule has 0 aliphatic carbocycles. The molecule has 1 aliphatic heterocycles. The molecule has 1 heterocycles. The van der Waals surface area contributed by atoms with E-state index in [1.807, 2.05) is 0 Å². The monoisotopic (exact) mass is 243 g/mol. The lowest BCUT2D eigenvalue weighted by atomic mass is 10.0. The molecule has 18 heavy (non-hydrogen) atoms. The van der Waals surface area contributed by atoms with Crippen LogP contribution in [0.4, 0.5) is 0 Å². The highest BCUT2D eigenvalue weighted by Crippen LogP contribution is 2.24. The van der Waals surface area contributed by atoms with E-state index >= 15 is 0 Å². The first-order chi connectivity index (χ1) is 8.92. The summed E-state index contributed by atoms with van der Waals surface area (Å²) in [5.41, 5.74) is 2.85. The first-order valence-electron chi connectivity index (χ1n) is 7.42. The molecule has 1 aromatic rings. The Morgan fingerprint density at radius 2 is 1.83 bits per heavy atom. The quantitative estimate of drug-likeness (QED) is 0.677. The fraction of sp³-hybridized carbons (Fsp3) is 0.529. The molecule has 0 amide bonds. The van der Waals surface area contributed by atoms with E-state index in [2.05, 4.69) is 48.2 Å². The maximum Gasteiger partial charge on any atom is 0.0399 e. The third kappa shape index (κ3) is 3.63. The normalized spacial score (nSPS) is 16.9. The van der Waals surface area contributed by atoms with Crippen LogP contribution < -0.4 is 0 Å². The van der Waals surface area contributed by atoms with Crippen LogP contribution in [0.5, 0.6) is 0 Å². The Labute approximate surface area is 112 Å². The van der Waals surface area contributed by atoms with Crippen LogP contribution in [0.1, 0.15) is 51.0 Å². The van der Waals surface area contributed by atoms with E-state index in [1.165, 1.54) is 62.9 Å². The van der Waals surface area contributed by atoms with E-state index in [-0.39, 0.29) is 0 Å². The minimum Gasteiger partial charge on any atom is -0.371 e. The van der Waals surface area contributed by atoms with Crippen molar-refractivity contribution >= 4 is 5.70 Å². The predicted octanol–water partition coefficient (Wildman–Crippen LogP) is 4.70. The summed E-state index contributed by atoms with van der Waals surface area (Å²) in [7, 11) is 0. The fourth-order valence-electron chi connectivity index (χ4n) is 2.62. The summed E-state index contributed by atoms with van der Waals surface area (Å²) in [4.78, 5) is 2.58. The predicted molar refractivity (Wildman–Crippen MR) is 79.4 cm³/mol. The molecule has 0 aromatic heterocycles. The van der Waals surface area contributed by atoms with Crippen LogP contribution in [0.2, 0.25) is 0 Å². The second kappa shape index (κ2) is 7.25. The molecule has 0 atom stereocenters. The first-order valence-corrected chi connectivity index (χ1v) is 7.42. The lowest BCUT2D eigenvalue weighted by molar-refractivity contribution is 0.325. The Hall–Kier alpha value is -1.24. The van der Waals surface area contributed by atoms with Gasteiger partial charge in [-0.05, 0) is 37.7 Å². The Bertz CT molecular complexity index is 360. The Morgan fingerprint density at radius 3 is 2.50 bits per heavy atom. The summed E-state index contributed by atoms with van der Waals surface area (Å²) in [6.07, 6.45) is 10.3. The van der Waals surface area contributed by atoms with Crippen molar-refractivity contribution in [3.63, 3.8) is 0 Å². The van der Waals surface area contributed by atoms with E-state index < -0.39 is 0 Å². The van der Waals surface area contributed by atoms with Gasteiger partial charge in [0.1, 0.15) is 0 Å². The Morgan fingerprint density at radius 1 is 1.11 bits per heavy atom. The summed E-state index contributed by atoms with van der Waals surface area (Å²) in [5.74, 6) is 0. The van der Waals surface area contributed by atoms with Gasteiger partial charge in [0.15, 0.2) is 0 Å². The number of unbranched alkanes of at least 4 members (excludes halogenated alkanes) is 2. The van der Waals surface area contributed by atoms with Gasteiger partial charge in [-0.25, -0.2) is 0 Å². The van der Waals surface area contributed by atoms with Crippen LogP contribution >= 0.6 is 0 Å². The van der Waals surface area contributed by atoms with Crippen LogP contribution in [0.25, 0.3) is 5.70 Å². The zero-order valence-corrected chi connectivity index (χ0v) is 11.6. The lowest BCUT2D eigenvalue weighted by Crippen LogP contribution is -2.28. The molecule has 0 unspecified atom stereocenters. The molecule has 98 valence electrons. The van der Waals surface area contributed by atoms with Gasteiger partial charge in [-0.2, -0.15) is 0 Å². The van der Waals surface area contributed by atoms with E-state index in [1.54, 1.807) is 0 Å². The van der Waals surface area contributed by atoms with Gasteiger partial charge in [0.2, 0.25) is 0 Å². The standard InChI is InChI=1S/C17H25N/c1-2-3-6-13-17(16-11-7-4-8-12-16)18-14-9-5-10-15-18/h4,7-8,11-13H,2-3,5-6,9-10,14-15H2,1H3/b17-13-. The Kier molecular flexibility index (Phi) is 5.32. The third-order valence-electron chi connectivity index (χ3n) is 3.66. The van der Waals surface area contributed by atoms with Gasteiger partial charge in [-0.15, -0.1) is 0 Å². The number of allylic oxidation sites excluding steroid dienone is 1. The highest BCUT2D eigenvalue weighted by molar-refractivity contribution is 5.64. The molecule has 0 bridgehead atoms. The van der Waals surface area contributed by atoms with Crippen LogP contribution in [-0.4, -0.2) is 18.0 Å². The van der Waals surface area contributed by atoms with Crippen molar-refractivity contribution in [1.29, 1.82) is 0 Å². The number of hydrogen-bond acceptors (Lipinski definition) is 1. The maximum absolute atomic E-state index is 2.58. The molecule has 1 aliphatic rings. The highest BCUT2D eigenvalue weighted by atomic mass is 15.1. The van der Waals surface area contributed by atoms with Crippen molar-refractivity contribution < 1.29 is 0 Å². The van der Waals surface area contributed by atoms with Crippen LogP contribution in [0.15, 0.2) is 36.4 Å². The van der Waals surface area contributed by atoms with Crippen molar-refractivity contribution in [2.24, 2.45) is 0 Å². The number of likely N-dealkylation sites (tertiary alicyclic amines) is 1. The van der Waals surface area contributed by atoms with Gasteiger partial charge < -0.3 is 4.90 Å². The van der Waals surface area contributed by atoms with Gasteiger partial charge in [-0.3, -0.25) is 0 Å². The molecule has 0 N–H and O–H groups in total. The molecule has 1 aromatic carbocycles. The minimum atomic E-state index is 1.21. The van der Waals surface area contributed by atoms with Crippen molar-refractivity contribution in [2.45, 2.75) is 45.4 Å². The highest BCUT2D eigenvalue weighted by Gasteiger charge is 2.14. The van der Waals surface area contributed by atoms with E-state index in [0.717, 1.165) is 0 Å². The molecule has 1 fully saturated rings. The number of piperidine rings is 1. The second-order valence-electron chi connectivity index (χ2n) is 5.15. The van der Waals surface area contributed by atoms with E-state index in [4.69, 9.17) is 0 Å². The molecule has 0 spiro atoms. The molecular formula is C17H25N. The van der Waals surface area contributed by atoms with Crippen molar-refractivity contribution in [3.05, 3.63) is 42.0 Å². The molecule has 2 rings (SSSR count). The van der Waals surface area contributed by atoms with Crippen LogP contribution in [0.3, 0.4) is 0 Å². The third-order valence-corrected chi connectivity index (χ3v) is 3.66. The lowest BCUT2D eigenvalue weighted by Gasteiger charge is -2.31. The SMILES string of the molecule is CCCC/C=C(/c1ccccc1)N1CCCCC1. The molecular weight excluding hydrogens is 218 g/mol. The molecule has 0 radical (unpaired) electrons. The Balaban J connectivity index is 2.14. The summed E-state index contributed by atoms with van der Waals surface area (Å²) in [6.45, 7) is 4.72. The van der Waals surface area contributed by atoms with Crippen molar-refractivity contribution in [2.75, 3.05) is 13.1 Å². The van der Waals surface area contributed by atoms with Crippen molar-refractivity contribution in [3.8, 4) is 0 Å². The molecule has 1 saturated heterocycles. The van der Waals surface area contributed by atoms with E-state index in [9.17, 15) is 0 Å². The average Bonchev–Trinajstić information content (AvgIpc) is 2.46. The zero-order valence-electron chi connectivity index (χ0n) is 11.6. The van der Waals surface area contributed by atoms with Crippen molar-refractivity contribution in [1.82, 2.24) is 4.90 Å². The van der Waals surface area contributed by atoms with Gasteiger partial charge in [0, 0.05) is 18.8 Å². The smallest absolute Gasteiger partial charge is 0.0399 e. The van der Waals surface area contributed by atoms with Crippen LogP contribution in [-0.2, 0) is 0 Å². The zero-order chi connectivity index (χ0) is 12.6. The summed E-state index contributed by atoms with van der Waals surface area (Å²) in [6, 6.07) is 10.9. The van der Waals surface area contributed by atoms with Gasteiger partial charge in [0.25, 0.3) is 0 Å². The minimum absolute atomic E-state index is 1.21. The molecule has 1 nitrogen and oxygen atoms in total. The maximum atomic E-state index is 2.58. The summed E-state index contributed by atoms with van der Waals surface area (Å²) >= 11 is 0. The second-order valence-corrected chi connectivity index (χ2v) is 5.15. The van der Waals surface area contributed by atoms with Gasteiger partial charge >= 0.3 is 0 Å². The summed E-state index contributed by atoms with van der Waals surface area (Å²) < 4.78 is 0. The number of rotatable bonds is 5. The van der Waals surface area contributed by atoms with Gasteiger partial charge in [-0.1, -0.05) is 49.8 Å². The van der Waals surface area contributed by atoms with Gasteiger partial charge in [0.05, 0.1) is 0 Å². The molecule has 0 saturated carbocycles. The topological polar surface area (TPSA) is 3.24 Å². The number of hydrogen-bond donors (Lipinski definition) is 0. The largest absolute Gasteiger partial charge is 0.371 e. The van der Waals surface area contributed by atoms with E-state index in [0.29, 0.717) is 0 Å². The first kappa shape index (κ1) is 13.2. The number of benzene rings is 1. The summed E-state index contributed by atoms with van der Waals surface area (Å²) in [5, 5.41) is 0. The number of nitrogens with zero attached hydrogens (tertiary/aromatic N) is 1. The molecule has 1 heteroatoms.